The van der Waals surface area contributed by atoms with Crippen molar-refractivity contribution in [1.82, 2.24) is 39.7 Å². The van der Waals surface area contributed by atoms with Gasteiger partial charge in [-0.2, -0.15) is 5.10 Å². The molecule has 1 N–H and O–H groups in total. The second-order valence-corrected chi connectivity index (χ2v) is 18.8. The summed E-state index contributed by atoms with van der Waals surface area (Å²) in [5, 5.41) is 27.4. The average molecular weight is 1220 g/mol. The van der Waals surface area contributed by atoms with Crippen LogP contribution >= 0.6 is 50.5 Å². The molecule has 19 nitrogen and oxygen atoms in total. The van der Waals surface area contributed by atoms with Crippen molar-refractivity contribution in [2.45, 2.75) is 73.9 Å². The number of nitrogens with zero attached hydrogens (tertiary/aromatic N) is 10. The number of aryl methyl sites for hydroxylation is 2. The van der Waals surface area contributed by atoms with Crippen LogP contribution in [-0.2, 0) is 28.0 Å². The number of ether oxygens (including phenoxy) is 6. The molecule has 7 aromatic heterocycles. The summed E-state index contributed by atoms with van der Waals surface area (Å²) in [5.41, 5.74) is 7.54. The summed E-state index contributed by atoms with van der Waals surface area (Å²) in [6.07, 6.45) is 8.19. The summed E-state index contributed by atoms with van der Waals surface area (Å²) >= 11 is 16.9. The molecule has 0 amide bonds. The van der Waals surface area contributed by atoms with Crippen molar-refractivity contribution in [3.8, 4) is 28.5 Å². The minimum absolute atomic E-state index is 0.0246. The second-order valence-electron chi connectivity index (χ2n) is 16.2. The first kappa shape index (κ1) is 63.3. The van der Waals surface area contributed by atoms with Crippen molar-refractivity contribution >= 4 is 74.1 Å². The number of benzene rings is 1. The lowest BCUT2D eigenvalue weighted by Gasteiger charge is -2.19. The Labute approximate surface area is 488 Å². The first-order valence-corrected chi connectivity index (χ1v) is 27.9. The molecule has 422 valence electrons. The number of pyridine rings is 5. The molecular formula is C57H63BrCl2N10O9S. The number of hydrogen-bond donors (Lipinski definition) is 1. The standard InChI is InChI=1S/C24H23ClN6OS.C10H13NO3.C8H10BrNO.C8H11NO2.C7H6ClNO2/c1-5-32-22-18(7-6-12-26-22)13-30-24-28-27-16(4)31(24)23-20(14(2)15(3)33-23)21(29-30)17-8-10-19(25)11-9-17;1-3-13-9-8(6-5-7-11-9)10(12)14-4-2;1-2-11-8-7(6-9)4-3-5-10-8;1-2-11-8-7(6-10)4-3-5-9-8;1-11-7(10)5-3-2-4-9-6(5)8/h6-12H,5,13H2,1-4H3;5-7H,3-4H2,1-2H3;3-5H,2,6H2,1H3;3-5,10H,2,6H2,1H3;2-4H,1H3. The van der Waals surface area contributed by atoms with Gasteiger partial charge in [0.05, 0.1) is 58.9 Å². The van der Waals surface area contributed by atoms with Gasteiger partial charge < -0.3 is 33.5 Å². The average Bonchev–Trinajstić information content (AvgIpc) is 3.97. The van der Waals surface area contributed by atoms with E-state index in [-0.39, 0.29) is 17.3 Å². The Morgan fingerprint density at radius 3 is 1.69 bits per heavy atom. The Morgan fingerprint density at radius 2 is 1.14 bits per heavy atom. The van der Waals surface area contributed by atoms with Crippen LogP contribution in [0.3, 0.4) is 0 Å². The Bertz CT molecular complexity index is 3230. The summed E-state index contributed by atoms with van der Waals surface area (Å²) in [5.74, 6) is 2.77. The molecule has 0 saturated carbocycles. The van der Waals surface area contributed by atoms with Crippen molar-refractivity contribution in [3.05, 3.63) is 181 Å². The van der Waals surface area contributed by atoms with Gasteiger partial charge in [0, 0.05) is 74.0 Å². The summed E-state index contributed by atoms with van der Waals surface area (Å²) in [7, 11) is 1.30. The van der Waals surface area contributed by atoms with Crippen molar-refractivity contribution in [3.63, 3.8) is 0 Å². The predicted octanol–water partition coefficient (Wildman–Crippen LogP) is 12.0. The molecule has 0 saturated heterocycles. The molecule has 8 heterocycles. The predicted molar refractivity (Wildman–Crippen MR) is 313 cm³/mol. The monoisotopic (exact) mass is 1210 g/mol. The van der Waals surface area contributed by atoms with E-state index in [2.05, 4.69) is 74.2 Å². The zero-order valence-electron chi connectivity index (χ0n) is 45.9. The first-order chi connectivity index (χ1) is 38.8. The first-order valence-electron chi connectivity index (χ1n) is 25.2. The van der Waals surface area contributed by atoms with E-state index in [4.69, 9.17) is 57.1 Å². The molecule has 0 spiro atoms. The zero-order chi connectivity index (χ0) is 58.0. The lowest BCUT2D eigenvalue weighted by molar-refractivity contribution is 0.0519. The molecular weight excluding hydrogens is 1150 g/mol. The highest BCUT2D eigenvalue weighted by atomic mass is 79.9. The molecule has 0 bridgehead atoms. The number of carbonyl (C=O) groups excluding carboxylic acids is 2. The molecule has 23 heteroatoms. The Hall–Kier alpha value is -7.56. The van der Waals surface area contributed by atoms with Gasteiger partial charge in [-0.1, -0.05) is 63.4 Å². The van der Waals surface area contributed by atoms with E-state index in [0.717, 1.165) is 55.6 Å². The highest BCUT2D eigenvalue weighted by Crippen LogP contribution is 2.39. The second kappa shape index (κ2) is 33.1. The van der Waals surface area contributed by atoms with Crippen LogP contribution in [0.15, 0.2) is 121 Å². The number of fused-ring (bicyclic) bond motifs is 3. The number of methoxy groups -OCH3 is 1. The number of carbonyl (C=O) groups is 2. The number of hydrazone groups is 1. The number of aliphatic hydroxyl groups is 1. The molecule has 8 aromatic rings. The fourth-order valence-electron chi connectivity index (χ4n) is 7.16. The van der Waals surface area contributed by atoms with E-state index in [9.17, 15) is 9.59 Å². The molecule has 1 aliphatic heterocycles. The van der Waals surface area contributed by atoms with Gasteiger partial charge in [-0.3, -0.25) is 4.57 Å². The van der Waals surface area contributed by atoms with E-state index in [1.165, 1.54) is 23.7 Å². The molecule has 0 aliphatic carbocycles. The van der Waals surface area contributed by atoms with Gasteiger partial charge in [0.25, 0.3) is 5.95 Å². The van der Waals surface area contributed by atoms with Crippen LogP contribution in [0, 0.1) is 20.8 Å². The van der Waals surface area contributed by atoms with Gasteiger partial charge in [-0.05, 0) is 122 Å². The third kappa shape index (κ3) is 17.5. The molecule has 0 unspecified atom stereocenters. The van der Waals surface area contributed by atoms with E-state index in [1.54, 1.807) is 79.4 Å². The maximum absolute atomic E-state index is 11.4. The number of hydrogen-bond acceptors (Lipinski definition) is 19. The number of thiophene rings is 1. The van der Waals surface area contributed by atoms with Crippen molar-refractivity contribution < 1.29 is 43.1 Å². The van der Waals surface area contributed by atoms with Crippen LogP contribution in [-0.4, -0.2) is 103 Å². The minimum Gasteiger partial charge on any atom is -0.478 e. The lowest BCUT2D eigenvalue weighted by atomic mass is 10.00. The number of esters is 2. The Kier molecular flexibility index (Phi) is 26.2. The van der Waals surface area contributed by atoms with Crippen LogP contribution in [0.5, 0.6) is 23.5 Å². The van der Waals surface area contributed by atoms with Gasteiger partial charge in [-0.15, -0.1) is 21.5 Å². The number of aromatic nitrogens is 8. The maximum Gasteiger partial charge on any atom is 0.343 e. The van der Waals surface area contributed by atoms with Crippen LogP contribution in [0.1, 0.15) is 99.4 Å². The topological polar surface area (TPSA) is 221 Å². The maximum atomic E-state index is 11.4. The molecule has 1 aromatic carbocycles. The summed E-state index contributed by atoms with van der Waals surface area (Å²) in [6, 6.07) is 25.6. The van der Waals surface area contributed by atoms with Crippen molar-refractivity contribution in [2.24, 2.45) is 5.10 Å². The third-order valence-electron chi connectivity index (χ3n) is 10.9. The van der Waals surface area contributed by atoms with Gasteiger partial charge in [0.15, 0.2) is 0 Å². The highest BCUT2D eigenvalue weighted by Gasteiger charge is 2.31. The SMILES string of the molecule is CCOC(=O)c1cccnc1OCC.CCOc1ncccc1CBr.CCOc1ncccc1CN1N=C(c2ccc(Cl)cc2)c2c(sc(C)c2C)-n2c(C)nnc21.CCOc1ncccc1CO.COC(=O)c1cccnc1Cl. The Morgan fingerprint density at radius 1 is 0.625 bits per heavy atom. The van der Waals surface area contributed by atoms with E-state index >= 15 is 0 Å². The van der Waals surface area contributed by atoms with E-state index in [0.29, 0.717) is 73.8 Å². The highest BCUT2D eigenvalue weighted by molar-refractivity contribution is 9.08. The quantitative estimate of drug-likeness (QED) is 0.0540. The number of alkyl halides is 1. The third-order valence-corrected chi connectivity index (χ3v) is 13.3. The molecule has 1 aliphatic rings. The Balaban J connectivity index is 0.000000207. The molecule has 0 fully saturated rings. The minimum atomic E-state index is -0.469. The van der Waals surface area contributed by atoms with Crippen molar-refractivity contribution in [1.29, 1.82) is 0 Å². The summed E-state index contributed by atoms with van der Waals surface area (Å²) in [6.45, 7) is 18.6. The smallest absolute Gasteiger partial charge is 0.343 e. The van der Waals surface area contributed by atoms with Crippen molar-refractivity contribution in [2.75, 3.05) is 45.2 Å². The lowest BCUT2D eigenvalue weighted by Crippen LogP contribution is -2.21. The molecule has 0 radical (unpaired) electrons. The largest absolute Gasteiger partial charge is 0.478 e. The summed E-state index contributed by atoms with van der Waals surface area (Å²) in [4.78, 5) is 43.6. The van der Waals surface area contributed by atoms with Gasteiger partial charge in [0.2, 0.25) is 23.5 Å². The number of halogens is 3. The normalized spacial score (nSPS) is 10.9. The fourth-order valence-corrected chi connectivity index (χ4v) is 9.12. The number of rotatable bonds is 16. The number of anilines is 1. The summed E-state index contributed by atoms with van der Waals surface area (Å²) < 4.78 is 32.8. The zero-order valence-corrected chi connectivity index (χ0v) is 49.8. The van der Waals surface area contributed by atoms with E-state index in [1.807, 2.05) is 88.2 Å². The number of aliphatic hydroxyl groups excluding tert-OH is 1. The van der Waals surface area contributed by atoms with Gasteiger partial charge in [0.1, 0.15) is 27.3 Å². The van der Waals surface area contributed by atoms with Crippen LogP contribution in [0.4, 0.5) is 5.95 Å². The fraction of sp³-hybridized carbons (Fsp3) is 0.298. The van der Waals surface area contributed by atoms with E-state index < -0.39 is 11.9 Å². The van der Waals surface area contributed by atoms with Crippen LogP contribution in [0.25, 0.3) is 5.00 Å². The van der Waals surface area contributed by atoms with Gasteiger partial charge in [-0.25, -0.2) is 39.5 Å². The molecule has 0 atom stereocenters. The molecule has 80 heavy (non-hydrogen) atoms. The van der Waals surface area contributed by atoms with Crippen LogP contribution in [0.2, 0.25) is 10.2 Å². The van der Waals surface area contributed by atoms with Gasteiger partial charge >= 0.3 is 11.9 Å². The molecule has 9 rings (SSSR count). The van der Waals surface area contributed by atoms with Crippen LogP contribution < -0.4 is 24.0 Å².